The van der Waals surface area contributed by atoms with E-state index in [-0.39, 0.29) is 13.0 Å². The summed E-state index contributed by atoms with van der Waals surface area (Å²) in [6.45, 7) is 0.272. The van der Waals surface area contributed by atoms with Crippen LogP contribution in [0.4, 0.5) is 10.5 Å². The summed E-state index contributed by atoms with van der Waals surface area (Å²) in [4.78, 5) is 37.4. The van der Waals surface area contributed by atoms with Crippen LogP contribution in [-0.2, 0) is 17.8 Å². The fraction of sp³-hybridized carbons (Fsp3) is 0.211. The molecule has 1 aliphatic rings. The number of carbonyl (C=O) groups is 3. The SMILES string of the molecule is Nc1cccc(C(=O)NNC(=O)N2Cc3ccccc3CC2CC(=O)O)c1. The first-order chi connectivity index (χ1) is 12.9. The molecule has 1 unspecified atom stereocenters. The third kappa shape index (κ3) is 4.35. The lowest BCUT2D eigenvalue weighted by Gasteiger charge is -2.36. The van der Waals surface area contributed by atoms with Gasteiger partial charge in [-0.1, -0.05) is 30.3 Å². The number of carboxylic acids is 1. The molecule has 0 bridgehead atoms. The minimum atomic E-state index is -0.985. The zero-order valence-corrected chi connectivity index (χ0v) is 14.5. The Morgan fingerprint density at radius 2 is 1.81 bits per heavy atom. The second-order valence-electron chi connectivity index (χ2n) is 6.36. The number of benzene rings is 2. The zero-order valence-electron chi connectivity index (χ0n) is 14.5. The summed E-state index contributed by atoms with van der Waals surface area (Å²) in [6, 6.07) is 12.9. The Kier molecular flexibility index (Phi) is 5.25. The molecule has 8 nitrogen and oxygen atoms in total. The number of amides is 3. The average molecular weight is 368 g/mol. The van der Waals surface area contributed by atoms with Crippen LogP contribution in [0.2, 0.25) is 0 Å². The summed E-state index contributed by atoms with van der Waals surface area (Å²) >= 11 is 0. The summed E-state index contributed by atoms with van der Waals surface area (Å²) in [5.41, 5.74) is 13.1. The molecule has 5 N–H and O–H groups in total. The molecule has 0 spiro atoms. The van der Waals surface area contributed by atoms with Gasteiger partial charge in [-0.25, -0.2) is 10.2 Å². The van der Waals surface area contributed by atoms with Gasteiger partial charge in [0.05, 0.1) is 6.42 Å². The molecule has 2 aromatic carbocycles. The number of carboxylic acid groups (broad SMARTS) is 1. The van der Waals surface area contributed by atoms with Crippen molar-refractivity contribution < 1.29 is 19.5 Å². The maximum Gasteiger partial charge on any atom is 0.336 e. The number of fused-ring (bicyclic) bond motifs is 1. The minimum Gasteiger partial charge on any atom is -0.481 e. The molecule has 0 aromatic heterocycles. The lowest BCUT2D eigenvalue weighted by molar-refractivity contribution is -0.138. The Labute approximate surface area is 155 Å². The Hall–Kier alpha value is -3.55. The van der Waals surface area contributed by atoms with Crippen LogP contribution in [0.15, 0.2) is 48.5 Å². The van der Waals surface area contributed by atoms with Crippen molar-refractivity contribution >= 4 is 23.6 Å². The predicted molar refractivity (Wildman–Crippen MR) is 98.6 cm³/mol. The van der Waals surface area contributed by atoms with Gasteiger partial charge in [0.2, 0.25) is 0 Å². The highest BCUT2D eigenvalue weighted by molar-refractivity contribution is 5.96. The van der Waals surface area contributed by atoms with E-state index in [1.807, 2.05) is 24.3 Å². The first-order valence-electron chi connectivity index (χ1n) is 8.45. The summed E-state index contributed by atoms with van der Waals surface area (Å²) in [5, 5.41) is 9.17. The molecule has 0 saturated heterocycles. The third-order valence-corrected chi connectivity index (χ3v) is 4.46. The normalized spacial score (nSPS) is 15.6. The lowest BCUT2D eigenvalue weighted by atomic mass is 9.92. The number of nitrogens with one attached hydrogen (secondary N) is 2. The van der Waals surface area contributed by atoms with Crippen LogP contribution in [0.25, 0.3) is 0 Å². The van der Waals surface area contributed by atoms with Crippen molar-refractivity contribution in [3.63, 3.8) is 0 Å². The number of nitrogens with zero attached hydrogens (tertiary/aromatic N) is 1. The van der Waals surface area contributed by atoms with E-state index in [4.69, 9.17) is 10.8 Å². The topological polar surface area (TPSA) is 125 Å². The predicted octanol–water partition coefficient (Wildman–Crippen LogP) is 1.52. The van der Waals surface area contributed by atoms with Crippen LogP contribution < -0.4 is 16.6 Å². The maximum atomic E-state index is 12.6. The standard InChI is InChI=1S/C19H20N4O4/c20-15-7-3-6-13(8-15)18(26)21-22-19(27)23-11-14-5-2-1-4-12(14)9-16(23)10-17(24)25/h1-8,16H,9-11,20H2,(H,21,26)(H,22,27)(H,24,25). The van der Waals surface area contributed by atoms with Crippen molar-refractivity contribution in [1.29, 1.82) is 0 Å². The van der Waals surface area contributed by atoms with Crippen molar-refractivity contribution in [2.45, 2.75) is 25.4 Å². The maximum absolute atomic E-state index is 12.6. The van der Waals surface area contributed by atoms with E-state index in [0.717, 1.165) is 11.1 Å². The quantitative estimate of drug-likeness (QED) is 0.483. The number of carbonyl (C=O) groups excluding carboxylic acids is 2. The van der Waals surface area contributed by atoms with Gasteiger partial charge in [-0.2, -0.15) is 0 Å². The number of nitrogens with two attached hydrogens (primary N) is 1. The molecule has 3 amide bonds. The van der Waals surface area contributed by atoms with Crippen molar-refractivity contribution in [2.24, 2.45) is 0 Å². The summed E-state index contributed by atoms with van der Waals surface area (Å²) < 4.78 is 0. The average Bonchev–Trinajstić information content (AvgIpc) is 2.64. The Morgan fingerprint density at radius 3 is 2.52 bits per heavy atom. The number of hydrogen-bond donors (Lipinski definition) is 4. The van der Waals surface area contributed by atoms with E-state index in [9.17, 15) is 14.4 Å². The van der Waals surface area contributed by atoms with Gasteiger partial charge >= 0.3 is 12.0 Å². The monoisotopic (exact) mass is 368 g/mol. The summed E-state index contributed by atoms with van der Waals surface area (Å²) in [6.07, 6.45) is 0.268. The second kappa shape index (κ2) is 7.77. The molecule has 0 aliphatic carbocycles. The molecule has 8 heteroatoms. The molecular weight excluding hydrogens is 348 g/mol. The van der Waals surface area contributed by atoms with E-state index in [0.29, 0.717) is 17.7 Å². The highest BCUT2D eigenvalue weighted by atomic mass is 16.4. The van der Waals surface area contributed by atoms with E-state index >= 15 is 0 Å². The van der Waals surface area contributed by atoms with Crippen molar-refractivity contribution in [3.05, 3.63) is 65.2 Å². The molecule has 2 aromatic rings. The van der Waals surface area contributed by atoms with Crippen molar-refractivity contribution in [3.8, 4) is 0 Å². The Bertz CT molecular complexity index is 884. The fourth-order valence-electron chi connectivity index (χ4n) is 3.14. The molecule has 1 aliphatic heterocycles. The van der Waals surface area contributed by atoms with Crippen LogP contribution in [0.3, 0.4) is 0 Å². The van der Waals surface area contributed by atoms with Crippen LogP contribution in [-0.4, -0.2) is 34.0 Å². The van der Waals surface area contributed by atoms with Crippen molar-refractivity contribution in [2.75, 3.05) is 5.73 Å². The minimum absolute atomic E-state index is 0.176. The molecule has 1 heterocycles. The molecule has 140 valence electrons. The molecule has 27 heavy (non-hydrogen) atoms. The van der Waals surface area contributed by atoms with Gasteiger partial charge in [-0.15, -0.1) is 0 Å². The molecule has 0 saturated carbocycles. The summed E-state index contributed by atoms with van der Waals surface area (Å²) in [5.74, 6) is -1.50. The first-order valence-corrected chi connectivity index (χ1v) is 8.45. The lowest BCUT2D eigenvalue weighted by Crippen LogP contribution is -2.54. The largest absolute Gasteiger partial charge is 0.481 e. The van der Waals surface area contributed by atoms with Gasteiger partial charge < -0.3 is 15.7 Å². The van der Waals surface area contributed by atoms with Gasteiger partial charge in [0.1, 0.15) is 0 Å². The molecule has 1 atom stereocenters. The molecular formula is C19H20N4O4. The van der Waals surface area contributed by atoms with Gasteiger partial charge in [-0.3, -0.25) is 15.0 Å². The van der Waals surface area contributed by atoms with E-state index in [2.05, 4.69) is 10.9 Å². The Balaban J connectivity index is 1.69. The number of rotatable bonds is 3. The van der Waals surface area contributed by atoms with Crippen LogP contribution in [0.5, 0.6) is 0 Å². The third-order valence-electron chi connectivity index (χ3n) is 4.46. The number of anilines is 1. The number of hydrazine groups is 1. The Morgan fingerprint density at radius 1 is 1.07 bits per heavy atom. The number of nitrogen functional groups attached to an aromatic ring is 1. The van der Waals surface area contributed by atoms with E-state index in [1.54, 1.807) is 18.2 Å². The highest BCUT2D eigenvalue weighted by Gasteiger charge is 2.31. The second-order valence-corrected chi connectivity index (χ2v) is 6.36. The van der Waals surface area contributed by atoms with Gasteiger partial charge in [0.15, 0.2) is 0 Å². The fourth-order valence-corrected chi connectivity index (χ4v) is 3.14. The zero-order chi connectivity index (χ0) is 19.4. The van der Waals surface area contributed by atoms with Crippen LogP contribution in [0.1, 0.15) is 27.9 Å². The number of urea groups is 1. The van der Waals surface area contributed by atoms with E-state index in [1.165, 1.54) is 11.0 Å². The van der Waals surface area contributed by atoms with Gasteiger partial charge in [-0.05, 0) is 35.7 Å². The van der Waals surface area contributed by atoms with Crippen molar-refractivity contribution in [1.82, 2.24) is 15.8 Å². The molecule has 0 radical (unpaired) electrons. The van der Waals surface area contributed by atoms with E-state index < -0.39 is 23.9 Å². The van der Waals surface area contributed by atoms with Gasteiger partial charge in [0, 0.05) is 23.8 Å². The number of hydrogen-bond acceptors (Lipinski definition) is 4. The highest BCUT2D eigenvalue weighted by Crippen LogP contribution is 2.25. The molecule has 3 rings (SSSR count). The number of aliphatic carboxylic acids is 1. The van der Waals surface area contributed by atoms with Gasteiger partial charge in [0.25, 0.3) is 5.91 Å². The van der Waals surface area contributed by atoms with Crippen LogP contribution >= 0.6 is 0 Å². The van der Waals surface area contributed by atoms with Crippen LogP contribution in [0, 0.1) is 0 Å². The summed E-state index contributed by atoms with van der Waals surface area (Å²) in [7, 11) is 0. The molecule has 0 fully saturated rings. The smallest absolute Gasteiger partial charge is 0.336 e. The first kappa shape index (κ1) is 18.2.